The van der Waals surface area contributed by atoms with E-state index in [9.17, 15) is 19.2 Å². The first-order chi connectivity index (χ1) is 57.2. The summed E-state index contributed by atoms with van der Waals surface area (Å²) < 4.78 is 0. The minimum Gasteiger partial charge on any atom is -0.365 e. The Kier molecular flexibility index (Phi) is 22.5. The number of nitrogens with one attached hydrogen (secondary N) is 4. The summed E-state index contributed by atoms with van der Waals surface area (Å²) in [7, 11) is 0. The molecule has 8 aliphatic rings. The van der Waals surface area contributed by atoms with Crippen molar-refractivity contribution in [3.63, 3.8) is 0 Å². The Bertz CT molecular complexity index is 5100. The van der Waals surface area contributed by atoms with Gasteiger partial charge < -0.3 is 40.9 Å². The molecule has 8 bridgehead atoms. The highest BCUT2D eigenvalue weighted by molar-refractivity contribution is 6.04. The zero-order valence-corrected chi connectivity index (χ0v) is 66.6. The Hall–Kier alpha value is -12.9. The molecule has 4 saturated carbocycles. The van der Waals surface area contributed by atoms with Gasteiger partial charge in [-0.2, -0.15) is 0 Å². The molecule has 4 N–H and O–H groups in total. The minimum atomic E-state index is 0.0714. The SMILES string of the molecule is Cc1ccc(NC2CC3CC2N(C(=O)c2ccccc2-c2cccnc2)C3)nc1.Cc1ccc(NC2CC3CC2N(C(=O)c2ccccc2-c2ccncc2)C3)nc1.Cc1ccc(NC2CC3CC2N(C(=O)c2ccccc2-c2cnccn2)C3)nc1.Cc1ccc(NC2CC3CC2N(C(=O)c2ccccc2-c2ncccc2C)C3)nc1. The van der Waals surface area contributed by atoms with Crippen LogP contribution in [0.2, 0.25) is 0 Å². The lowest BCUT2D eigenvalue weighted by molar-refractivity contribution is 0.0685. The van der Waals surface area contributed by atoms with Crippen LogP contribution in [0.15, 0.2) is 256 Å². The fraction of sp³-hybridized carbons (Fsp3) is 0.302. The van der Waals surface area contributed by atoms with E-state index >= 15 is 0 Å². The summed E-state index contributed by atoms with van der Waals surface area (Å²) in [5.74, 6) is 6.13. The number of fused-ring (bicyclic) bond motifs is 8. The van der Waals surface area contributed by atoms with Gasteiger partial charge in [0.25, 0.3) is 23.6 Å². The van der Waals surface area contributed by atoms with E-state index in [-0.39, 0.29) is 72.0 Å². The topological polar surface area (TPSA) is 245 Å². The number of amides is 4. The summed E-state index contributed by atoms with van der Waals surface area (Å²) in [4.78, 5) is 102. The molecule has 4 saturated heterocycles. The van der Waals surface area contributed by atoms with Crippen molar-refractivity contribution in [2.24, 2.45) is 23.7 Å². The molecule has 12 heterocycles. The highest BCUT2D eigenvalue weighted by Crippen LogP contribution is 2.45. The number of pyridine rings is 7. The molecule has 12 unspecified atom stereocenters. The minimum absolute atomic E-state index is 0.0714. The number of aryl methyl sites for hydroxylation is 5. The standard InChI is InChI=1S/C25H26N4O.2C24H24N4O.C23H23N5O/c1-16-9-10-23(27-14-16)28-21-12-18-13-22(21)29(15-18)25(30)20-8-4-3-7-19(20)24-17(2)6-5-11-26-24;1-16-8-9-23(26-13-16)27-21-11-17-12-22(21)28(15-17)24(29)20-7-3-2-6-19(20)18-5-4-10-25-14-18;1-16-6-7-23(26-14-16)27-21-12-17-13-22(21)28(15-17)24(29)20-5-3-2-4-19(20)18-8-10-25-11-9-18;1-15-6-7-22(26-12-15)27-19-10-16-11-21(19)28(14-16)23(29)18-5-3-2-4-17(18)20-13-24-8-9-25-20/h3-11,14,18,21-22H,12-13,15H2,1-2H3,(H,27,28);2-10,13-14,17,21-22H,11-12,15H2,1H3,(H,26,27);2-11,14,17,21-22H,12-13,15H2,1H3,(H,26,27);2-9,12-13,16,19,21H,10-11,14H2,1H3,(H,26,27). The van der Waals surface area contributed by atoms with Gasteiger partial charge in [0.2, 0.25) is 0 Å². The van der Waals surface area contributed by atoms with Crippen molar-refractivity contribution in [1.82, 2.24) is 64.5 Å². The monoisotopic (exact) mass is 1550 g/mol. The quantitative estimate of drug-likeness (QED) is 0.0702. The predicted molar refractivity (Wildman–Crippen MR) is 457 cm³/mol. The molecule has 8 aromatic heterocycles. The number of benzene rings is 4. The highest BCUT2D eigenvalue weighted by Gasteiger charge is 2.51. The summed E-state index contributed by atoms with van der Waals surface area (Å²) >= 11 is 0. The van der Waals surface area contributed by atoms with Crippen LogP contribution in [0.4, 0.5) is 23.3 Å². The second kappa shape index (κ2) is 34.3. The predicted octanol–water partition coefficient (Wildman–Crippen LogP) is 16.4. The molecule has 4 aromatic carbocycles. The number of piperidine rings is 4. The van der Waals surface area contributed by atoms with Gasteiger partial charge in [-0.25, -0.2) is 19.9 Å². The maximum Gasteiger partial charge on any atom is 0.254 e. The summed E-state index contributed by atoms with van der Waals surface area (Å²) in [6, 6.07) is 61.1. The molecule has 4 amide bonds. The van der Waals surface area contributed by atoms with Crippen LogP contribution in [0, 0.1) is 58.3 Å². The number of aromatic nitrogens is 9. The number of nitrogens with zero attached hydrogens (tertiary/aromatic N) is 13. The van der Waals surface area contributed by atoms with Crippen LogP contribution < -0.4 is 21.3 Å². The Labute approximate surface area is 683 Å². The molecule has 12 aromatic rings. The molecule has 0 spiro atoms. The van der Waals surface area contributed by atoms with Gasteiger partial charge in [-0.1, -0.05) is 109 Å². The van der Waals surface area contributed by atoms with Crippen molar-refractivity contribution in [2.45, 2.75) is 134 Å². The Morgan fingerprint density at radius 3 is 1.01 bits per heavy atom. The fourth-order valence-electron chi connectivity index (χ4n) is 19.1. The van der Waals surface area contributed by atoms with Gasteiger partial charge >= 0.3 is 0 Å². The number of anilines is 4. The summed E-state index contributed by atoms with van der Waals surface area (Å²) in [5.41, 5.74) is 15.8. The molecule has 21 nitrogen and oxygen atoms in total. The number of hydrogen-bond donors (Lipinski definition) is 4. The second-order valence-electron chi connectivity index (χ2n) is 32.8. The molecule has 20 rings (SSSR count). The van der Waals surface area contributed by atoms with E-state index in [4.69, 9.17) is 0 Å². The van der Waals surface area contributed by atoms with Crippen molar-refractivity contribution in [1.29, 1.82) is 0 Å². The molecule has 4 aliphatic carbocycles. The van der Waals surface area contributed by atoms with E-state index in [1.54, 1.807) is 43.4 Å². The van der Waals surface area contributed by atoms with Crippen LogP contribution in [-0.2, 0) is 0 Å². The number of carbonyl (C=O) groups is 4. The molecule has 8 fully saturated rings. The second-order valence-corrected chi connectivity index (χ2v) is 32.8. The molecule has 590 valence electrons. The van der Waals surface area contributed by atoms with Gasteiger partial charge in [0.1, 0.15) is 23.3 Å². The normalized spacial score (nSPS) is 22.6. The van der Waals surface area contributed by atoms with Crippen molar-refractivity contribution in [3.05, 3.63) is 306 Å². The molecule has 4 aliphatic heterocycles. The van der Waals surface area contributed by atoms with E-state index in [0.717, 1.165) is 190 Å². The number of hydrogen-bond acceptors (Lipinski definition) is 17. The third-order valence-corrected chi connectivity index (χ3v) is 24.6. The van der Waals surface area contributed by atoms with Crippen molar-refractivity contribution >= 4 is 46.9 Å². The average molecular weight is 1550 g/mol. The summed E-state index contributed by atoms with van der Waals surface area (Å²) in [6.45, 7) is 13.5. The van der Waals surface area contributed by atoms with Crippen LogP contribution in [-0.4, -0.2) is 163 Å². The first-order valence-corrected chi connectivity index (χ1v) is 41.0. The smallest absolute Gasteiger partial charge is 0.254 e. The van der Waals surface area contributed by atoms with E-state index in [1.165, 1.54) is 0 Å². The third kappa shape index (κ3) is 16.8. The van der Waals surface area contributed by atoms with Gasteiger partial charge in [-0.15, -0.1) is 0 Å². The lowest BCUT2D eigenvalue weighted by Crippen LogP contribution is -2.47. The Morgan fingerprint density at radius 2 is 0.650 bits per heavy atom. The lowest BCUT2D eigenvalue weighted by Gasteiger charge is -2.34. The molecule has 117 heavy (non-hydrogen) atoms. The maximum absolute atomic E-state index is 13.6. The Balaban J connectivity index is 0.000000112. The van der Waals surface area contributed by atoms with Crippen LogP contribution in [0.1, 0.15) is 121 Å². The Morgan fingerprint density at radius 1 is 0.291 bits per heavy atom. The average Bonchev–Trinajstić information content (AvgIpc) is 1.64. The van der Waals surface area contributed by atoms with Crippen LogP contribution >= 0.6 is 0 Å². The molecular formula is C96H97N17O4. The zero-order valence-electron chi connectivity index (χ0n) is 66.6. The first-order valence-electron chi connectivity index (χ1n) is 41.0. The van der Waals surface area contributed by atoms with E-state index in [0.29, 0.717) is 29.2 Å². The highest BCUT2D eigenvalue weighted by atomic mass is 16.2. The maximum atomic E-state index is 13.6. The van der Waals surface area contributed by atoms with Gasteiger partial charge in [-0.05, 0) is 227 Å². The van der Waals surface area contributed by atoms with E-state index in [2.05, 4.69) is 105 Å². The van der Waals surface area contributed by atoms with Crippen molar-refractivity contribution in [2.75, 3.05) is 47.4 Å². The molecule has 0 radical (unpaired) electrons. The molecular weight excluding hydrogens is 1460 g/mol. The van der Waals surface area contributed by atoms with E-state index in [1.807, 2.05) is 228 Å². The largest absolute Gasteiger partial charge is 0.365 e. The zero-order chi connectivity index (χ0) is 80.0. The van der Waals surface area contributed by atoms with Gasteiger partial charge in [-0.3, -0.25) is 44.1 Å². The molecule has 21 heteroatoms. The van der Waals surface area contributed by atoms with Crippen LogP contribution in [0.3, 0.4) is 0 Å². The van der Waals surface area contributed by atoms with Gasteiger partial charge in [0.05, 0.1) is 41.8 Å². The lowest BCUT2D eigenvalue weighted by atomic mass is 9.98. The van der Waals surface area contributed by atoms with Gasteiger partial charge in [0, 0.05) is 157 Å². The molecule has 12 atom stereocenters. The van der Waals surface area contributed by atoms with E-state index < -0.39 is 0 Å². The van der Waals surface area contributed by atoms with Crippen LogP contribution in [0.25, 0.3) is 44.8 Å². The van der Waals surface area contributed by atoms with Crippen molar-refractivity contribution in [3.8, 4) is 44.8 Å². The fourth-order valence-corrected chi connectivity index (χ4v) is 19.1. The number of rotatable bonds is 16. The van der Waals surface area contributed by atoms with Gasteiger partial charge in [0.15, 0.2) is 0 Å². The number of likely N-dealkylation sites (tertiary alicyclic amines) is 4. The summed E-state index contributed by atoms with van der Waals surface area (Å²) in [5, 5.41) is 14.3. The first kappa shape index (κ1) is 76.7. The third-order valence-electron chi connectivity index (χ3n) is 24.6. The van der Waals surface area contributed by atoms with Crippen LogP contribution in [0.5, 0.6) is 0 Å². The summed E-state index contributed by atoms with van der Waals surface area (Å²) in [6.07, 6.45) is 30.0. The van der Waals surface area contributed by atoms with Crippen molar-refractivity contribution < 1.29 is 19.2 Å². The number of carbonyl (C=O) groups excluding carboxylic acids is 4.